The average molecular weight is 275 g/mol. The van der Waals surface area contributed by atoms with E-state index >= 15 is 0 Å². The van der Waals surface area contributed by atoms with Crippen LogP contribution in [0.2, 0.25) is 0 Å². The molecule has 1 aromatic rings. The molecule has 1 saturated carbocycles. The fraction of sp³-hybridized carbons (Fsp3) is 0.500. The zero-order valence-corrected chi connectivity index (χ0v) is 11.8. The maximum atomic E-state index is 12.7. The summed E-state index contributed by atoms with van der Waals surface area (Å²) in [6, 6.07) is 8.91. The number of nitrogens with one attached hydrogen (secondary N) is 1. The van der Waals surface area contributed by atoms with Crippen LogP contribution in [0, 0.1) is 0 Å². The van der Waals surface area contributed by atoms with Gasteiger partial charge in [0, 0.05) is 0 Å². The number of rotatable bonds is 5. The van der Waals surface area contributed by atoms with Crippen LogP contribution in [0.15, 0.2) is 30.3 Å². The van der Waals surface area contributed by atoms with Gasteiger partial charge in [0.1, 0.15) is 6.04 Å². The Morgan fingerprint density at radius 1 is 1.25 bits per heavy atom. The first kappa shape index (κ1) is 14.6. The molecule has 1 unspecified atom stereocenters. The second kappa shape index (κ2) is 6.07. The van der Waals surface area contributed by atoms with Crippen LogP contribution in [-0.2, 0) is 15.0 Å². The minimum Gasteiger partial charge on any atom is -0.480 e. The molecule has 1 aromatic carbocycles. The topological polar surface area (TPSA) is 66.4 Å². The largest absolute Gasteiger partial charge is 0.480 e. The lowest BCUT2D eigenvalue weighted by Crippen LogP contribution is -2.49. The Labute approximate surface area is 119 Å². The molecule has 0 radical (unpaired) electrons. The molecule has 1 amide bonds. The van der Waals surface area contributed by atoms with E-state index in [2.05, 4.69) is 5.32 Å². The first-order valence-electron chi connectivity index (χ1n) is 7.19. The van der Waals surface area contributed by atoms with Gasteiger partial charge in [-0.05, 0) is 24.8 Å². The Hall–Kier alpha value is -1.84. The Balaban J connectivity index is 2.25. The molecule has 0 spiro atoms. The third kappa shape index (κ3) is 2.69. The SMILES string of the molecule is CCC(NC(=O)C1(c2ccccc2)CCCC1)C(=O)O. The van der Waals surface area contributed by atoms with Crippen molar-refractivity contribution in [2.24, 2.45) is 0 Å². The molecule has 1 aliphatic carbocycles. The third-order valence-corrected chi connectivity index (χ3v) is 4.23. The minimum atomic E-state index is -0.970. The predicted octanol–water partition coefficient (Wildman–Crippen LogP) is 2.48. The van der Waals surface area contributed by atoms with E-state index in [0.29, 0.717) is 6.42 Å². The van der Waals surface area contributed by atoms with Gasteiger partial charge < -0.3 is 10.4 Å². The number of carboxylic acid groups (broad SMARTS) is 1. The van der Waals surface area contributed by atoms with Crippen molar-refractivity contribution in [2.75, 3.05) is 0 Å². The zero-order chi connectivity index (χ0) is 14.6. The second-order valence-corrected chi connectivity index (χ2v) is 5.43. The molecule has 0 aromatic heterocycles. The highest BCUT2D eigenvalue weighted by atomic mass is 16.4. The van der Waals surface area contributed by atoms with Gasteiger partial charge in [0.15, 0.2) is 0 Å². The Morgan fingerprint density at radius 3 is 2.35 bits per heavy atom. The van der Waals surface area contributed by atoms with E-state index in [1.165, 1.54) is 0 Å². The number of carbonyl (C=O) groups is 2. The second-order valence-electron chi connectivity index (χ2n) is 5.43. The Morgan fingerprint density at radius 2 is 1.85 bits per heavy atom. The van der Waals surface area contributed by atoms with Crippen LogP contribution in [-0.4, -0.2) is 23.0 Å². The van der Waals surface area contributed by atoms with Crippen molar-refractivity contribution in [3.8, 4) is 0 Å². The molecule has 0 aliphatic heterocycles. The minimum absolute atomic E-state index is 0.143. The summed E-state index contributed by atoms with van der Waals surface area (Å²) in [6.07, 6.45) is 3.99. The fourth-order valence-corrected chi connectivity index (χ4v) is 3.02. The molecule has 1 atom stereocenters. The summed E-state index contributed by atoms with van der Waals surface area (Å²) < 4.78 is 0. The summed E-state index contributed by atoms with van der Waals surface area (Å²) in [4.78, 5) is 23.8. The van der Waals surface area contributed by atoms with E-state index in [0.717, 1.165) is 31.2 Å². The third-order valence-electron chi connectivity index (χ3n) is 4.23. The number of hydrogen-bond acceptors (Lipinski definition) is 2. The lowest BCUT2D eigenvalue weighted by atomic mass is 9.78. The van der Waals surface area contributed by atoms with Gasteiger partial charge in [-0.3, -0.25) is 4.79 Å². The number of aliphatic carboxylic acids is 1. The number of carbonyl (C=O) groups excluding carboxylic acids is 1. The zero-order valence-electron chi connectivity index (χ0n) is 11.8. The van der Waals surface area contributed by atoms with Gasteiger partial charge in [0.25, 0.3) is 0 Å². The summed E-state index contributed by atoms with van der Waals surface area (Å²) in [5, 5.41) is 11.8. The molecule has 2 N–H and O–H groups in total. The summed E-state index contributed by atoms with van der Waals surface area (Å²) in [5.74, 6) is -1.11. The van der Waals surface area contributed by atoms with Gasteiger partial charge in [-0.25, -0.2) is 4.79 Å². The Bertz CT molecular complexity index is 478. The van der Waals surface area contributed by atoms with E-state index in [-0.39, 0.29) is 5.91 Å². The molecule has 0 saturated heterocycles. The lowest BCUT2D eigenvalue weighted by Gasteiger charge is -2.29. The molecule has 1 aliphatic rings. The molecule has 108 valence electrons. The summed E-state index contributed by atoms with van der Waals surface area (Å²) >= 11 is 0. The summed E-state index contributed by atoms with van der Waals surface area (Å²) in [7, 11) is 0. The molecule has 4 nitrogen and oxygen atoms in total. The van der Waals surface area contributed by atoms with E-state index in [1.807, 2.05) is 30.3 Å². The quantitative estimate of drug-likeness (QED) is 0.867. The highest BCUT2D eigenvalue weighted by molar-refractivity contribution is 5.91. The van der Waals surface area contributed by atoms with Crippen molar-refractivity contribution in [1.29, 1.82) is 0 Å². The number of benzene rings is 1. The molecule has 1 fully saturated rings. The first-order valence-corrected chi connectivity index (χ1v) is 7.19. The molecule has 0 bridgehead atoms. The van der Waals surface area contributed by atoms with Crippen molar-refractivity contribution in [3.05, 3.63) is 35.9 Å². The van der Waals surface area contributed by atoms with E-state index in [4.69, 9.17) is 5.11 Å². The Kier molecular flexibility index (Phi) is 4.42. The molecular formula is C16H21NO3. The van der Waals surface area contributed by atoms with Gasteiger partial charge in [0.2, 0.25) is 5.91 Å². The van der Waals surface area contributed by atoms with Gasteiger partial charge in [-0.2, -0.15) is 0 Å². The maximum absolute atomic E-state index is 12.7. The van der Waals surface area contributed by atoms with Crippen molar-refractivity contribution in [1.82, 2.24) is 5.32 Å². The van der Waals surface area contributed by atoms with Crippen molar-refractivity contribution in [2.45, 2.75) is 50.5 Å². The number of hydrogen-bond donors (Lipinski definition) is 2. The van der Waals surface area contributed by atoms with Crippen LogP contribution in [0.3, 0.4) is 0 Å². The standard InChI is InChI=1S/C16H21NO3/c1-2-13(14(18)19)17-15(20)16(10-6-7-11-16)12-8-4-3-5-9-12/h3-5,8-9,13H,2,6-7,10-11H2,1H3,(H,17,20)(H,18,19). The summed E-state index contributed by atoms with van der Waals surface area (Å²) in [5.41, 5.74) is 0.444. The monoisotopic (exact) mass is 275 g/mol. The van der Waals surface area contributed by atoms with Gasteiger partial charge in [-0.15, -0.1) is 0 Å². The molecule has 0 heterocycles. The molecule has 4 heteroatoms. The predicted molar refractivity (Wildman–Crippen MR) is 76.4 cm³/mol. The highest BCUT2D eigenvalue weighted by Crippen LogP contribution is 2.41. The molecular weight excluding hydrogens is 254 g/mol. The summed E-state index contributed by atoms with van der Waals surface area (Å²) in [6.45, 7) is 1.77. The van der Waals surface area contributed by atoms with Crippen LogP contribution in [0.25, 0.3) is 0 Å². The number of amides is 1. The fourth-order valence-electron chi connectivity index (χ4n) is 3.02. The van der Waals surface area contributed by atoms with Crippen LogP contribution >= 0.6 is 0 Å². The van der Waals surface area contributed by atoms with E-state index < -0.39 is 17.4 Å². The van der Waals surface area contributed by atoms with E-state index in [1.54, 1.807) is 6.92 Å². The molecule has 2 rings (SSSR count). The van der Waals surface area contributed by atoms with Gasteiger partial charge >= 0.3 is 5.97 Å². The van der Waals surface area contributed by atoms with Crippen LogP contribution in [0.4, 0.5) is 0 Å². The lowest BCUT2D eigenvalue weighted by molar-refractivity contribution is -0.142. The van der Waals surface area contributed by atoms with E-state index in [9.17, 15) is 9.59 Å². The van der Waals surface area contributed by atoms with Crippen LogP contribution in [0.1, 0.15) is 44.6 Å². The average Bonchev–Trinajstić information content (AvgIpc) is 2.96. The van der Waals surface area contributed by atoms with Crippen molar-refractivity contribution < 1.29 is 14.7 Å². The first-order chi connectivity index (χ1) is 9.60. The van der Waals surface area contributed by atoms with Crippen molar-refractivity contribution >= 4 is 11.9 Å². The molecule has 20 heavy (non-hydrogen) atoms. The normalized spacial score (nSPS) is 18.4. The highest BCUT2D eigenvalue weighted by Gasteiger charge is 2.43. The smallest absolute Gasteiger partial charge is 0.326 e. The van der Waals surface area contributed by atoms with Gasteiger partial charge in [0.05, 0.1) is 5.41 Å². The van der Waals surface area contributed by atoms with Gasteiger partial charge in [-0.1, -0.05) is 50.1 Å². The maximum Gasteiger partial charge on any atom is 0.326 e. The van der Waals surface area contributed by atoms with Crippen LogP contribution < -0.4 is 5.32 Å². The van der Waals surface area contributed by atoms with Crippen molar-refractivity contribution in [3.63, 3.8) is 0 Å². The van der Waals surface area contributed by atoms with Crippen LogP contribution in [0.5, 0.6) is 0 Å². The number of carboxylic acids is 1.